The molecule has 0 amide bonds. The van der Waals surface area contributed by atoms with Gasteiger partial charge in [-0.25, -0.2) is 0 Å². The molecular weight excluding hydrogens is 572 g/mol. The Morgan fingerprint density at radius 2 is 1.02 bits per heavy atom. The number of carbonyl (C=O) groups excluding carboxylic acids is 2. The van der Waals surface area contributed by atoms with Crippen LogP contribution in [-0.4, -0.2) is 61.2 Å². The van der Waals surface area contributed by atoms with Gasteiger partial charge in [-0.1, -0.05) is 0 Å². The molecule has 0 aliphatic rings. The molecule has 41 heavy (non-hydrogen) atoms. The Hall–Kier alpha value is -4.16. The fourth-order valence-electron chi connectivity index (χ4n) is 4.02. The molecule has 0 aliphatic heterocycles. The van der Waals surface area contributed by atoms with Crippen molar-refractivity contribution in [2.75, 3.05) is 27.4 Å². The van der Waals surface area contributed by atoms with Gasteiger partial charge < -0.3 is 29.2 Å². The van der Waals surface area contributed by atoms with E-state index in [1.807, 2.05) is 0 Å². The van der Waals surface area contributed by atoms with Crippen molar-refractivity contribution in [3.8, 4) is 23.0 Å². The minimum Gasteiger partial charge on any atom is -0.493 e. The number of carbonyl (C=O) groups is 4. The topological polar surface area (TPSA) is 146 Å². The number of ether oxygens (including phenoxy) is 4. The van der Waals surface area contributed by atoms with Crippen LogP contribution in [0, 0.1) is 0 Å². The third-order valence-corrected chi connectivity index (χ3v) is 8.37. The fraction of sp³-hybridized carbons (Fsp3) is 0.310. The largest absolute Gasteiger partial charge is 0.493 e. The van der Waals surface area contributed by atoms with Gasteiger partial charge >= 0.3 is 11.9 Å². The molecule has 10 nitrogen and oxygen atoms in total. The van der Waals surface area contributed by atoms with Gasteiger partial charge in [0, 0.05) is 40.8 Å². The van der Waals surface area contributed by atoms with E-state index >= 15 is 0 Å². The van der Waals surface area contributed by atoms with Gasteiger partial charge in [0.2, 0.25) is 0 Å². The number of thiophene rings is 2. The average molecular weight is 601 g/mol. The minimum absolute atomic E-state index is 0.0567. The summed E-state index contributed by atoms with van der Waals surface area (Å²) < 4.78 is 24.5. The molecule has 2 aromatic heterocycles. The van der Waals surface area contributed by atoms with Crippen molar-refractivity contribution < 1.29 is 48.3 Å². The van der Waals surface area contributed by atoms with E-state index in [-0.39, 0.29) is 37.2 Å². The zero-order valence-corrected chi connectivity index (χ0v) is 24.0. The summed E-state index contributed by atoms with van der Waals surface area (Å²) in [7, 11) is 3.06. The number of Topliss-reactive ketones (excluding diaryl/α,β-unsaturated/α-hetero) is 2. The number of methoxy groups -OCH3 is 2. The van der Waals surface area contributed by atoms with Crippen LogP contribution in [0.3, 0.4) is 0 Å². The van der Waals surface area contributed by atoms with E-state index in [4.69, 9.17) is 29.2 Å². The lowest BCUT2D eigenvalue weighted by molar-refractivity contribution is -0.137. The lowest BCUT2D eigenvalue weighted by Crippen LogP contribution is -2.06. The van der Waals surface area contributed by atoms with Crippen LogP contribution in [0.25, 0.3) is 20.2 Å². The molecule has 2 aromatic carbocycles. The van der Waals surface area contributed by atoms with E-state index in [1.54, 1.807) is 36.4 Å². The molecule has 0 saturated carbocycles. The van der Waals surface area contributed by atoms with Crippen molar-refractivity contribution in [2.24, 2.45) is 0 Å². The van der Waals surface area contributed by atoms with Gasteiger partial charge in [0.1, 0.15) is 0 Å². The molecule has 12 heteroatoms. The Morgan fingerprint density at radius 3 is 1.39 bits per heavy atom. The maximum Gasteiger partial charge on any atom is 0.303 e. The van der Waals surface area contributed by atoms with Gasteiger partial charge in [0.05, 0.1) is 50.0 Å². The molecule has 216 valence electrons. The number of benzene rings is 2. The van der Waals surface area contributed by atoms with Crippen molar-refractivity contribution in [2.45, 2.75) is 32.1 Å². The molecular formula is C29H28O10S2. The minimum atomic E-state index is -1.01. The number of carboxylic acids is 2. The highest BCUT2D eigenvalue weighted by atomic mass is 32.1. The molecule has 0 atom stereocenters. The zero-order chi connectivity index (χ0) is 29.5. The zero-order valence-electron chi connectivity index (χ0n) is 22.4. The number of carboxylic acid groups (broad SMARTS) is 2. The predicted octanol–water partition coefficient (Wildman–Crippen LogP) is 6.08. The number of fused-ring (bicyclic) bond motifs is 2. The summed E-state index contributed by atoms with van der Waals surface area (Å²) in [4.78, 5) is 47.2. The highest BCUT2D eigenvalue weighted by Crippen LogP contribution is 2.38. The van der Waals surface area contributed by atoms with E-state index < -0.39 is 11.9 Å². The van der Waals surface area contributed by atoms with E-state index in [0.717, 1.165) is 20.2 Å². The highest BCUT2D eigenvalue weighted by molar-refractivity contribution is 7.21. The van der Waals surface area contributed by atoms with E-state index in [1.165, 1.54) is 36.9 Å². The molecule has 4 aromatic rings. The lowest BCUT2D eigenvalue weighted by atomic mass is 10.1. The van der Waals surface area contributed by atoms with Gasteiger partial charge in [-0.15, -0.1) is 22.7 Å². The Morgan fingerprint density at radius 1 is 0.610 bits per heavy atom. The Balaban J connectivity index is 1.36. The molecule has 0 spiro atoms. The second-order valence-electron chi connectivity index (χ2n) is 8.99. The van der Waals surface area contributed by atoms with Gasteiger partial charge in [0.15, 0.2) is 34.6 Å². The Kier molecular flexibility index (Phi) is 9.79. The van der Waals surface area contributed by atoms with Crippen molar-refractivity contribution in [3.05, 3.63) is 46.2 Å². The van der Waals surface area contributed by atoms with Gasteiger partial charge in [-0.3, -0.25) is 19.2 Å². The van der Waals surface area contributed by atoms with Crippen molar-refractivity contribution in [1.29, 1.82) is 0 Å². The van der Waals surface area contributed by atoms with Crippen LogP contribution in [0.4, 0.5) is 0 Å². The highest BCUT2D eigenvalue weighted by Gasteiger charge is 2.17. The molecule has 0 fully saturated rings. The molecule has 2 N–H and O–H groups in total. The smallest absolute Gasteiger partial charge is 0.303 e. The molecule has 0 saturated heterocycles. The summed E-state index contributed by atoms with van der Waals surface area (Å²) in [5, 5.41) is 19.3. The monoisotopic (exact) mass is 600 g/mol. The number of hydrogen-bond acceptors (Lipinski definition) is 10. The number of aliphatic carboxylic acids is 2. The SMILES string of the molecule is COc1cc2sc(C(=O)CCC(=O)O)cc2cc1OCCCOc1cc2cc(C(=O)CCC(=O)O)sc2cc1OC. The normalized spacial score (nSPS) is 11.0. The second kappa shape index (κ2) is 13.5. The molecule has 2 heterocycles. The fourth-order valence-corrected chi connectivity index (χ4v) is 6.11. The van der Waals surface area contributed by atoms with Crippen LogP contribution in [0.2, 0.25) is 0 Å². The summed E-state index contributed by atoms with van der Waals surface area (Å²) in [6, 6.07) is 10.6. The molecule has 0 radical (unpaired) electrons. The summed E-state index contributed by atoms with van der Waals surface area (Å²) >= 11 is 2.57. The number of ketones is 2. The average Bonchev–Trinajstić information content (AvgIpc) is 3.56. The number of rotatable bonds is 16. The van der Waals surface area contributed by atoms with Gasteiger partial charge in [-0.2, -0.15) is 0 Å². The standard InChI is InChI=1S/C29H28O10S2/c1-36-20-14-24-16(12-26(40-24)18(30)4-6-28(32)33)10-22(20)38-8-3-9-39-23-11-17-13-27(19(31)5-7-29(34)35)41-25(17)15-21(23)37-2/h10-15H,3-9H2,1-2H3,(H,32,33)(H,34,35). The Bertz CT molecular complexity index is 1480. The summed E-state index contributed by atoms with van der Waals surface area (Å²) in [5.74, 6) is -0.400. The molecule has 0 bridgehead atoms. The Labute approximate surface area is 243 Å². The third-order valence-electron chi connectivity index (χ3n) is 6.09. The summed E-state index contributed by atoms with van der Waals surface area (Å²) in [6.07, 6.45) is -0.00447. The lowest BCUT2D eigenvalue weighted by Gasteiger charge is -2.13. The second-order valence-corrected chi connectivity index (χ2v) is 11.2. The number of hydrogen-bond donors (Lipinski definition) is 2. The van der Waals surface area contributed by atoms with E-state index in [9.17, 15) is 19.2 Å². The van der Waals surface area contributed by atoms with Gasteiger partial charge in [0.25, 0.3) is 0 Å². The van der Waals surface area contributed by atoms with Crippen LogP contribution < -0.4 is 18.9 Å². The van der Waals surface area contributed by atoms with Crippen molar-refractivity contribution in [1.82, 2.24) is 0 Å². The van der Waals surface area contributed by atoms with Crippen LogP contribution in [0.1, 0.15) is 51.4 Å². The molecule has 4 rings (SSSR count). The van der Waals surface area contributed by atoms with Crippen molar-refractivity contribution >= 4 is 66.4 Å². The van der Waals surface area contributed by atoms with Gasteiger partial charge in [-0.05, 0) is 35.0 Å². The van der Waals surface area contributed by atoms with Crippen LogP contribution in [0.5, 0.6) is 23.0 Å². The van der Waals surface area contributed by atoms with Crippen LogP contribution in [0.15, 0.2) is 36.4 Å². The maximum absolute atomic E-state index is 12.3. The molecule has 0 unspecified atom stereocenters. The van der Waals surface area contributed by atoms with E-state index in [0.29, 0.717) is 52.4 Å². The van der Waals surface area contributed by atoms with Crippen molar-refractivity contribution in [3.63, 3.8) is 0 Å². The van der Waals surface area contributed by atoms with E-state index in [2.05, 4.69) is 0 Å². The first kappa shape index (κ1) is 29.8. The predicted molar refractivity (Wildman–Crippen MR) is 155 cm³/mol. The summed E-state index contributed by atoms with van der Waals surface area (Å²) in [5.41, 5.74) is 0. The first-order chi connectivity index (χ1) is 19.7. The first-order valence-electron chi connectivity index (χ1n) is 12.7. The van der Waals surface area contributed by atoms with Crippen LogP contribution >= 0.6 is 22.7 Å². The maximum atomic E-state index is 12.3. The van der Waals surface area contributed by atoms with Crippen LogP contribution in [-0.2, 0) is 9.59 Å². The third kappa shape index (κ3) is 7.53. The first-order valence-corrected chi connectivity index (χ1v) is 14.3. The summed E-state index contributed by atoms with van der Waals surface area (Å²) in [6.45, 7) is 0.642. The molecule has 0 aliphatic carbocycles. The quantitative estimate of drug-likeness (QED) is 0.115.